The molecule has 0 heterocycles. The Kier molecular flexibility index (Phi) is 4.31. The molecule has 0 aromatic heterocycles. The van der Waals surface area contributed by atoms with Crippen LogP contribution in [0, 0.1) is 5.82 Å². The van der Waals surface area contributed by atoms with Gasteiger partial charge in [-0.3, -0.25) is 0 Å². The summed E-state index contributed by atoms with van der Waals surface area (Å²) in [5, 5.41) is 3.44. The fourth-order valence-corrected chi connectivity index (χ4v) is 1.89. The molecule has 17 heavy (non-hydrogen) atoms. The lowest BCUT2D eigenvalue weighted by molar-refractivity contribution is 0.373. The van der Waals surface area contributed by atoms with Crippen LogP contribution < -0.4 is 5.32 Å². The van der Waals surface area contributed by atoms with Gasteiger partial charge in [0.05, 0.1) is 0 Å². The lowest BCUT2D eigenvalue weighted by Crippen LogP contribution is -2.38. The molecule has 0 spiro atoms. The largest absolute Gasteiger partial charge is 0.312 e. The van der Waals surface area contributed by atoms with Gasteiger partial charge in [-0.05, 0) is 50.8 Å². The van der Waals surface area contributed by atoms with E-state index in [9.17, 15) is 4.39 Å². The van der Waals surface area contributed by atoms with E-state index in [0.29, 0.717) is 0 Å². The summed E-state index contributed by atoms with van der Waals surface area (Å²) in [5.41, 5.74) is 0.783. The summed E-state index contributed by atoms with van der Waals surface area (Å²) in [6, 6.07) is 7.06. The van der Waals surface area contributed by atoms with Crippen molar-refractivity contribution in [2.24, 2.45) is 0 Å². The van der Waals surface area contributed by atoms with Crippen molar-refractivity contribution in [1.82, 2.24) is 5.32 Å². The molecule has 0 saturated carbocycles. The Bertz CT molecular complexity index is 363. The standard InChI is InChI=1S/C15H24FN/c1-14(2,3)17-11-10-15(4,5)12-8-6-7-9-13(12)16/h6-9,17H,10-11H2,1-5H3. The van der Waals surface area contributed by atoms with Crippen LogP contribution in [-0.2, 0) is 5.41 Å². The highest BCUT2D eigenvalue weighted by Gasteiger charge is 2.24. The third-order valence-corrected chi connectivity index (χ3v) is 3.01. The van der Waals surface area contributed by atoms with Crippen molar-refractivity contribution in [2.45, 2.75) is 52.0 Å². The molecule has 1 rings (SSSR count). The Morgan fingerprint density at radius 3 is 2.18 bits per heavy atom. The minimum absolute atomic E-state index is 0.103. The van der Waals surface area contributed by atoms with E-state index in [1.54, 1.807) is 6.07 Å². The number of hydrogen-bond donors (Lipinski definition) is 1. The molecular weight excluding hydrogens is 213 g/mol. The van der Waals surface area contributed by atoms with E-state index in [2.05, 4.69) is 39.9 Å². The first-order valence-electron chi connectivity index (χ1n) is 6.22. The SMILES string of the molecule is CC(C)(C)NCCC(C)(C)c1ccccc1F. The molecule has 0 fully saturated rings. The number of hydrogen-bond acceptors (Lipinski definition) is 1. The summed E-state index contributed by atoms with van der Waals surface area (Å²) in [4.78, 5) is 0. The highest BCUT2D eigenvalue weighted by Crippen LogP contribution is 2.28. The van der Waals surface area contributed by atoms with Crippen LogP contribution in [0.25, 0.3) is 0 Å². The van der Waals surface area contributed by atoms with Crippen molar-refractivity contribution in [2.75, 3.05) is 6.54 Å². The molecule has 96 valence electrons. The lowest BCUT2D eigenvalue weighted by Gasteiger charge is -2.28. The van der Waals surface area contributed by atoms with Gasteiger partial charge >= 0.3 is 0 Å². The van der Waals surface area contributed by atoms with Crippen molar-refractivity contribution in [3.63, 3.8) is 0 Å². The van der Waals surface area contributed by atoms with E-state index in [4.69, 9.17) is 0 Å². The third kappa shape index (κ3) is 4.47. The summed E-state index contributed by atoms with van der Waals surface area (Å²) < 4.78 is 13.7. The highest BCUT2D eigenvalue weighted by atomic mass is 19.1. The number of nitrogens with one attached hydrogen (secondary N) is 1. The minimum atomic E-state index is -0.135. The summed E-state index contributed by atoms with van der Waals surface area (Å²) in [5.74, 6) is -0.103. The fourth-order valence-electron chi connectivity index (χ4n) is 1.89. The predicted molar refractivity (Wildman–Crippen MR) is 71.8 cm³/mol. The van der Waals surface area contributed by atoms with E-state index < -0.39 is 0 Å². The predicted octanol–water partition coefficient (Wildman–Crippen LogP) is 3.88. The zero-order valence-corrected chi connectivity index (χ0v) is 11.6. The van der Waals surface area contributed by atoms with Crippen LogP contribution in [0.15, 0.2) is 24.3 Å². The number of rotatable bonds is 4. The van der Waals surface area contributed by atoms with Gasteiger partial charge in [-0.2, -0.15) is 0 Å². The number of benzene rings is 1. The van der Waals surface area contributed by atoms with Crippen molar-refractivity contribution in [3.05, 3.63) is 35.6 Å². The molecule has 0 bridgehead atoms. The van der Waals surface area contributed by atoms with Crippen molar-refractivity contribution in [3.8, 4) is 0 Å². The second-order valence-electron chi connectivity index (χ2n) is 6.29. The maximum atomic E-state index is 13.7. The van der Waals surface area contributed by atoms with Gasteiger partial charge in [0.15, 0.2) is 0 Å². The molecule has 0 amide bonds. The smallest absolute Gasteiger partial charge is 0.126 e. The monoisotopic (exact) mass is 237 g/mol. The zero-order valence-electron chi connectivity index (χ0n) is 11.6. The second-order valence-corrected chi connectivity index (χ2v) is 6.29. The average Bonchev–Trinajstić information content (AvgIpc) is 2.15. The highest BCUT2D eigenvalue weighted by molar-refractivity contribution is 5.25. The zero-order chi connectivity index (χ0) is 13.1. The number of halogens is 1. The van der Waals surface area contributed by atoms with Crippen molar-refractivity contribution >= 4 is 0 Å². The van der Waals surface area contributed by atoms with Gasteiger partial charge in [0, 0.05) is 5.54 Å². The van der Waals surface area contributed by atoms with Crippen LogP contribution >= 0.6 is 0 Å². The van der Waals surface area contributed by atoms with Gasteiger partial charge in [-0.25, -0.2) is 4.39 Å². The van der Waals surface area contributed by atoms with E-state index in [-0.39, 0.29) is 16.8 Å². The first kappa shape index (κ1) is 14.2. The molecule has 0 unspecified atom stereocenters. The molecule has 0 radical (unpaired) electrons. The van der Waals surface area contributed by atoms with Crippen molar-refractivity contribution in [1.29, 1.82) is 0 Å². The van der Waals surface area contributed by atoms with Crippen LogP contribution in [0.1, 0.15) is 46.6 Å². The quantitative estimate of drug-likeness (QED) is 0.838. The first-order valence-corrected chi connectivity index (χ1v) is 6.22. The van der Waals surface area contributed by atoms with E-state index in [0.717, 1.165) is 18.5 Å². The van der Waals surface area contributed by atoms with Crippen molar-refractivity contribution < 1.29 is 4.39 Å². The average molecular weight is 237 g/mol. The Morgan fingerprint density at radius 1 is 1.06 bits per heavy atom. The van der Waals surface area contributed by atoms with Gasteiger partial charge in [-0.1, -0.05) is 32.0 Å². The van der Waals surface area contributed by atoms with Gasteiger partial charge in [0.2, 0.25) is 0 Å². The molecule has 2 heteroatoms. The molecule has 0 aliphatic heterocycles. The lowest BCUT2D eigenvalue weighted by atomic mass is 9.81. The fraction of sp³-hybridized carbons (Fsp3) is 0.600. The Labute approximate surface area is 104 Å². The summed E-state index contributed by atoms with van der Waals surface area (Å²) in [6.45, 7) is 11.5. The molecule has 1 aromatic carbocycles. The summed E-state index contributed by atoms with van der Waals surface area (Å²) in [6.07, 6.45) is 0.922. The Balaban J connectivity index is 2.66. The van der Waals surface area contributed by atoms with Crippen LogP contribution in [0.5, 0.6) is 0 Å². The third-order valence-electron chi connectivity index (χ3n) is 3.01. The van der Waals surface area contributed by atoms with Gasteiger partial charge < -0.3 is 5.32 Å². The molecule has 0 saturated heterocycles. The van der Waals surface area contributed by atoms with E-state index in [1.807, 2.05) is 12.1 Å². The molecule has 0 atom stereocenters. The van der Waals surface area contributed by atoms with Crippen LogP contribution in [0.4, 0.5) is 4.39 Å². The van der Waals surface area contributed by atoms with E-state index in [1.165, 1.54) is 6.07 Å². The maximum absolute atomic E-state index is 13.7. The Morgan fingerprint density at radius 2 is 1.65 bits per heavy atom. The van der Waals surface area contributed by atoms with Gasteiger partial charge in [0.1, 0.15) is 5.82 Å². The minimum Gasteiger partial charge on any atom is -0.312 e. The molecular formula is C15H24FN. The van der Waals surface area contributed by atoms with Crippen LogP contribution in [-0.4, -0.2) is 12.1 Å². The van der Waals surface area contributed by atoms with Gasteiger partial charge in [-0.15, -0.1) is 0 Å². The maximum Gasteiger partial charge on any atom is 0.126 e. The topological polar surface area (TPSA) is 12.0 Å². The molecule has 0 aliphatic rings. The molecule has 1 nitrogen and oxygen atoms in total. The van der Waals surface area contributed by atoms with Crippen LogP contribution in [0.3, 0.4) is 0 Å². The molecule has 1 N–H and O–H groups in total. The van der Waals surface area contributed by atoms with Crippen LogP contribution in [0.2, 0.25) is 0 Å². The Hall–Kier alpha value is -0.890. The van der Waals surface area contributed by atoms with Gasteiger partial charge in [0.25, 0.3) is 0 Å². The first-order chi connectivity index (χ1) is 7.72. The normalized spacial score (nSPS) is 12.8. The summed E-state index contributed by atoms with van der Waals surface area (Å²) >= 11 is 0. The molecule has 0 aliphatic carbocycles. The summed E-state index contributed by atoms with van der Waals surface area (Å²) in [7, 11) is 0. The molecule has 1 aromatic rings. The van der Waals surface area contributed by atoms with E-state index >= 15 is 0 Å². The second kappa shape index (κ2) is 5.18.